The van der Waals surface area contributed by atoms with E-state index in [9.17, 15) is 9.18 Å². The number of carbonyl (C=O) groups excluding carboxylic acids is 1. The first-order valence-corrected chi connectivity index (χ1v) is 9.65. The van der Waals surface area contributed by atoms with Crippen LogP contribution in [0.3, 0.4) is 0 Å². The monoisotopic (exact) mass is 394 g/mol. The van der Waals surface area contributed by atoms with Crippen molar-refractivity contribution in [1.82, 2.24) is 15.1 Å². The van der Waals surface area contributed by atoms with E-state index in [2.05, 4.69) is 15.7 Å². The van der Waals surface area contributed by atoms with Gasteiger partial charge in [-0.3, -0.25) is 9.48 Å². The summed E-state index contributed by atoms with van der Waals surface area (Å²) in [5, 5.41) is 10.7. The highest BCUT2D eigenvalue weighted by atomic mass is 19.1. The van der Waals surface area contributed by atoms with Crippen molar-refractivity contribution in [3.8, 4) is 5.75 Å². The standard InChI is InChI=1S/C22H23FN4O2/c23-18-5-2-7-20(15-18)29-16-17-4-1-6-19(14-17)26-21(28)22(8-11-24-12-9-22)27-13-3-10-25-27/h1-7,10,13-15,24H,8-9,11-12,16H2,(H,26,28). The number of nitrogens with zero attached hydrogens (tertiary/aromatic N) is 2. The van der Waals surface area contributed by atoms with Crippen molar-refractivity contribution in [2.75, 3.05) is 18.4 Å². The molecule has 0 aliphatic carbocycles. The number of aromatic nitrogens is 2. The second-order valence-electron chi connectivity index (χ2n) is 7.13. The summed E-state index contributed by atoms with van der Waals surface area (Å²) in [5.41, 5.74) is 0.869. The molecule has 2 aromatic carbocycles. The number of hydrogen-bond donors (Lipinski definition) is 2. The first kappa shape index (κ1) is 19.1. The van der Waals surface area contributed by atoms with Gasteiger partial charge in [0.25, 0.3) is 5.91 Å². The maximum Gasteiger partial charge on any atom is 0.252 e. The lowest BCUT2D eigenvalue weighted by molar-refractivity contribution is -0.126. The van der Waals surface area contributed by atoms with Crippen molar-refractivity contribution >= 4 is 11.6 Å². The summed E-state index contributed by atoms with van der Waals surface area (Å²) in [4.78, 5) is 13.2. The first-order valence-electron chi connectivity index (χ1n) is 9.65. The quantitative estimate of drug-likeness (QED) is 0.673. The van der Waals surface area contributed by atoms with E-state index in [1.165, 1.54) is 12.1 Å². The zero-order valence-corrected chi connectivity index (χ0v) is 16.0. The minimum atomic E-state index is -0.706. The van der Waals surface area contributed by atoms with Gasteiger partial charge in [0.05, 0.1) is 0 Å². The lowest BCUT2D eigenvalue weighted by Gasteiger charge is -2.36. The molecule has 1 saturated heterocycles. The lowest BCUT2D eigenvalue weighted by atomic mass is 9.87. The van der Waals surface area contributed by atoms with E-state index in [0.29, 0.717) is 24.3 Å². The molecule has 1 amide bonds. The molecule has 1 aliphatic rings. The van der Waals surface area contributed by atoms with Gasteiger partial charge in [-0.25, -0.2) is 4.39 Å². The van der Waals surface area contributed by atoms with Crippen LogP contribution in [-0.2, 0) is 16.9 Å². The summed E-state index contributed by atoms with van der Waals surface area (Å²) in [6, 6.07) is 15.4. The Bertz CT molecular complexity index is 968. The van der Waals surface area contributed by atoms with Crippen molar-refractivity contribution in [2.45, 2.75) is 25.0 Å². The molecule has 7 heteroatoms. The number of anilines is 1. The number of ether oxygens (including phenoxy) is 1. The Morgan fingerprint density at radius 1 is 1.17 bits per heavy atom. The van der Waals surface area contributed by atoms with Gasteiger partial charge in [-0.05, 0) is 61.8 Å². The van der Waals surface area contributed by atoms with Gasteiger partial charge >= 0.3 is 0 Å². The molecule has 0 unspecified atom stereocenters. The molecule has 1 aliphatic heterocycles. The molecule has 0 radical (unpaired) electrons. The summed E-state index contributed by atoms with van der Waals surface area (Å²) in [6.45, 7) is 1.80. The van der Waals surface area contributed by atoms with E-state index in [0.717, 1.165) is 18.7 Å². The molecule has 0 atom stereocenters. The molecule has 0 saturated carbocycles. The van der Waals surface area contributed by atoms with Crippen LogP contribution in [0.5, 0.6) is 5.75 Å². The third kappa shape index (κ3) is 4.30. The van der Waals surface area contributed by atoms with Crippen LogP contribution in [0.1, 0.15) is 18.4 Å². The van der Waals surface area contributed by atoms with Gasteiger partial charge in [0.1, 0.15) is 23.7 Å². The van der Waals surface area contributed by atoms with E-state index in [1.54, 1.807) is 23.0 Å². The Morgan fingerprint density at radius 2 is 2.00 bits per heavy atom. The number of benzene rings is 2. The average molecular weight is 394 g/mol. The Kier molecular flexibility index (Phi) is 5.57. The molecule has 2 N–H and O–H groups in total. The fraction of sp³-hybridized carbons (Fsp3) is 0.273. The maximum absolute atomic E-state index is 13.3. The normalized spacial score (nSPS) is 15.6. The molecule has 3 aromatic rings. The molecule has 1 aromatic heterocycles. The van der Waals surface area contributed by atoms with Crippen LogP contribution in [0.4, 0.5) is 10.1 Å². The molecule has 6 nitrogen and oxygen atoms in total. The number of rotatable bonds is 6. The van der Waals surface area contributed by atoms with Gasteiger partial charge in [0.15, 0.2) is 0 Å². The van der Waals surface area contributed by atoms with Crippen molar-refractivity contribution in [1.29, 1.82) is 0 Å². The van der Waals surface area contributed by atoms with Crippen LogP contribution in [-0.4, -0.2) is 28.8 Å². The fourth-order valence-corrected chi connectivity index (χ4v) is 3.63. The summed E-state index contributed by atoms with van der Waals surface area (Å²) in [7, 11) is 0. The number of nitrogens with one attached hydrogen (secondary N) is 2. The SMILES string of the molecule is O=C(Nc1cccc(COc2cccc(F)c2)c1)C1(n2cccn2)CCNCC1. The topological polar surface area (TPSA) is 68.2 Å². The van der Waals surface area contributed by atoms with Crippen molar-refractivity contribution in [2.24, 2.45) is 0 Å². The smallest absolute Gasteiger partial charge is 0.252 e. The van der Waals surface area contributed by atoms with E-state index in [-0.39, 0.29) is 18.3 Å². The predicted molar refractivity (Wildman–Crippen MR) is 108 cm³/mol. The van der Waals surface area contributed by atoms with Crippen LogP contribution < -0.4 is 15.4 Å². The van der Waals surface area contributed by atoms with Gasteiger partial charge in [0, 0.05) is 24.1 Å². The van der Waals surface area contributed by atoms with Crippen molar-refractivity contribution in [3.05, 3.63) is 78.4 Å². The summed E-state index contributed by atoms with van der Waals surface area (Å²) in [5.74, 6) is 0.0482. The highest BCUT2D eigenvalue weighted by Gasteiger charge is 2.42. The van der Waals surface area contributed by atoms with Crippen LogP contribution in [0.2, 0.25) is 0 Å². The van der Waals surface area contributed by atoms with Crippen LogP contribution >= 0.6 is 0 Å². The average Bonchev–Trinajstić information content (AvgIpc) is 3.29. The van der Waals surface area contributed by atoms with E-state index in [1.807, 2.05) is 36.5 Å². The number of piperidine rings is 1. The molecule has 4 rings (SSSR count). The second-order valence-corrected chi connectivity index (χ2v) is 7.13. The van der Waals surface area contributed by atoms with Gasteiger partial charge in [0.2, 0.25) is 0 Å². The highest BCUT2D eigenvalue weighted by Crippen LogP contribution is 2.29. The van der Waals surface area contributed by atoms with E-state index in [4.69, 9.17) is 4.74 Å². The molecule has 0 bridgehead atoms. The third-order valence-electron chi connectivity index (χ3n) is 5.18. The third-order valence-corrected chi connectivity index (χ3v) is 5.18. The molecule has 1 fully saturated rings. The first-order chi connectivity index (χ1) is 14.2. The second kappa shape index (κ2) is 8.45. The zero-order chi connectivity index (χ0) is 20.1. The van der Waals surface area contributed by atoms with Gasteiger partial charge < -0.3 is 15.4 Å². The molecular weight excluding hydrogens is 371 g/mol. The van der Waals surface area contributed by atoms with E-state index >= 15 is 0 Å². The Labute approximate surface area is 168 Å². The van der Waals surface area contributed by atoms with Gasteiger partial charge in [-0.2, -0.15) is 5.10 Å². The lowest BCUT2D eigenvalue weighted by Crippen LogP contribution is -2.52. The highest BCUT2D eigenvalue weighted by molar-refractivity contribution is 5.96. The van der Waals surface area contributed by atoms with Gasteiger partial charge in [-0.1, -0.05) is 18.2 Å². The maximum atomic E-state index is 13.3. The minimum absolute atomic E-state index is 0.0779. The fourth-order valence-electron chi connectivity index (χ4n) is 3.63. The minimum Gasteiger partial charge on any atom is -0.489 e. The van der Waals surface area contributed by atoms with E-state index < -0.39 is 5.54 Å². The molecular formula is C22H23FN4O2. The largest absolute Gasteiger partial charge is 0.489 e. The van der Waals surface area contributed by atoms with Crippen LogP contribution in [0.15, 0.2) is 67.0 Å². The van der Waals surface area contributed by atoms with Crippen LogP contribution in [0, 0.1) is 5.82 Å². The molecule has 150 valence electrons. The summed E-state index contributed by atoms with van der Waals surface area (Å²) < 4.78 is 20.7. The number of halogens is 1. The summed E-state index contributed by atoms with van der Waals surface area (Å²) >= 11 is 0. The number of hydrogen-bond acceptors (Lipinski definition) is 4. The molecule has 29 heavy (non-hydrogen) atoms. The van der Waals surface area contributed by atoms with Crippen molar-refractivity contribution < 1.29 is 13.9 Å². The predicted octanol–water partition coefficient (Wildman–Crippen LogP) is 3.32. The Hall–Kier alpha value is -3.19. The number of amides is 1. The van der Waals surface area contributed by atoms with Crippen LogP contribution in [0.25, 0.3) is 0 Å². The summed E-state index contributed by atoms with van der Waals surface area (Å²) in [6.07, 6.45) is 4.88. The number of carbonyl (C=O) groups is 1. The Morgan fingerprint density at radius 3 is 2.76 bits per heavy atom. The zero-order valence-electron chi connectivity index (χ0n) is 16.0. The van der Waals surface area contributed by atoms with Gasteiger partial charge in [-0.15, -0.1) is 0 Å². The Balaban J connectivity index is 1.47. The van der Waals surface area contributed by atoms with Crippen molar-refractivity contribution in [3.63, 3.8) is 0 Å². The molecule has 2 heterocycles. The molecule has 0 spiro atoms.